The monoisotopic (exact) mass is 448 g/mol. The largest absolute Gasteiger partial charge is 0.496 e. The highest BCUT2D eigenvalue weighted by Gasteiger charge is 2.44. The van der Waals surface area contributed by atoms with Crippen molar-refractivity contribution in [1.29, 1.82) is 0 Å². The van der Waals surface area contributed by atoms with Crippen molar-refractivity contribution in [1.82, 2.24) is 10.2 Å². The number of rotatable bonds is 7. The van der Waals surface area contributed by atoms with Gasteiger partial charge in [-0.15, -0.1) is 11.3 Å². The molecule has 2 amide bonds. The molecule has 0 radical (unpaired) electrons. The van der Waals surface area contributed by atoms with Crippen LogP contribution in [0.4, 0.5) is 0 Å². The van der Waals surface area contributed by atoms with E-state index < -0.39 is 5.92 Å². The van der Waals surface area contributed by atoms with Crippen molar-refractivity contribution in [2.75, 3.05) is 13.7 Å². The van der Waals surface area contributed by atoms with Gasteiger partial charge in [0.2, 0.25) is 5.91 Å². The Bertz CT molecular complexity index is 1090. The van der Waals surface area contributed by atoms with Crippen LogP contribution in [0.15, 0.2) is 66.0 Å². The molecular formula is C26H28N2O3S. The Balaban J connectivity index is 1.73. The minimum absolute atomic E-state index is 0.0125. The van der Waals surface area contributed by atoms with Crippen molar-refractivity contribution < 1.29 is 14.3 Å². The summed E-state index contributed by atoms with van der Waals surface area (Å²) in [5.41, 5.74) is 2.31. The van der Waals surface area contributed by atoms with Crippen LogP contribution >= 0.6 is 11.3 Å². The summed E-state index contributed by atoms with van der Waals surface area (Å²) in [7, 11) is 1.63. The third-order valence-corrected chi connectivity index (χ3v) is 6.71. The van der Waals surface area contributed by atoms with E-state index in [2.05, 4.69) is 19.2 Å². The van der Waals surface area contributed by atoms with E-state index in [1.807, 2.05) is 70.9 Å². The molecule has 32 heavy (non-hydrogen) atoms. The molecule has 1 aliphatic heterocycles. The van der Waals surface area contributed by atoms with Gasteiger partial charge in [0.1, 0.15) is 5.75 Å². The molecule has 2 atom stereocenters. The number of benzene rings is 2. The molecule has 1 aromatic heterocycles. The molecule has 0 saturated heterocycles. The molecule has 5 nitrogen and oxygen atoms in total. The fourth-order valence-electron chi connectivity index (χ4n) is 4.39. The summed E-state index contributed by atoms with van der Waals surface area (Å²) < 4.78 is 5.43. The van der Waals surface area contributed by atoms with Gasteiger partial charge in [-0.3, -0.25) is 9.59 Å². The number of para-hydroxylation sites is 1. The molecule has 2 heterocycles. The van der Waals surface area contributed by atoms with E-state index in [9.17, 15) is 9.59 Å². The van der Waals surface area contributed by atoms with Crippen molar-refractivity contribution in [2.24, 2.45) is 5.92 Å². The topological polar surface area (TPSA) is 58.6 Å². The van der Waals surface area contributed by atoms with Crippen molar-refractivity contribution >= 4 is 23.2 Å². The Morgan fingerprint density at radius 3 is 2.56 bits per heavy atom. The van der Waals surface area contributed by atoms with Gasteiger partial charge < -0.3 is 15.0 Å². The number of ether oxygens (including phenoxy) is 1. The lowest BCUT2D eigenvalue weighted by Crippen LogP contribution is -2.48. The molecule has 0 unspecified atom stereocenters. The van der Waals surface area contributed by atoms with Gasteiger partial charge in [-0.2, -0.15) is 0 Å². The maximum absolute atomic E-state index is 13.7. The van der Waals surface area contributed by atoms with Gasteiger partial charge in [0.05, 0.1) is 19.1 Å². The van der Waals surface area contributed by atoms with E-state index in [0.717, 1.165) is 21.8 Å². The van der Waals surface area contributed by atoms with Crippen LogP contribution in [0.5, 0.6) is 5.75 Å². The lowest BCUT2D eigenvalue weighted by atomic mass is 9.81. The first kappa shape index (κ1) is 22.1. The zero-order valence-electron chi connectivity index (χ0n) is 18.6. The molecule has 6 heteroatoms. The standard InChI is InChI=1S/C26H28N2O3S/c1-17(2)16-28-24(22-13-8-14-32-22)23(19-10-5-6-11-20(19)26(28)30)25(29)27-15-18-9-4-7-12-21(18)31-3/h4-14,17,23-24H,15-16H2,1-3H3,(H,27,29)/t23-,24-/m0/s1. The van der Waals surface area contributed by atoms with Crippen LogP contribution in [0.25, 0.3) is 0 Å². The molecule has 166 valence electrons. The number of methoxy groups -OCH3 is 1. The van der Waals surface area contributed by atoms with Crippen LogP contribution in [-0.2, 0) is 11.3 Å². The minimum Gasteiger partial charge on any atom is -0.496 e. The molecule has 2 aromatic carbocycles. The maximum Gasteiger partial charge on any atom is 0.254 e. The highest BCUT2D eigenvalue weighted by Crippen LogP contribution is 2.44. The molecule has 4 rings (SSSR count). The van der Waals surface area contributed by atoms with Crippen LogP contribution in [0.3, 0.4) is 0 Å². The van der Waals surface area contributed by atoms with Crippen LogP contribution in [-0.4, -0.2) is 30.4 Å². The number of carbonyl (C=O) groups is 2. The van der Waals surface area contributed by atoms with E-state index in [0.29, 0.717) is 18.7 Å². The second-order valence-corrected chi connectivity index (χ2v) is 9.39. The number of fused-ring (bicyclic) bond motifs is 1. The summed E-state index contributed by atoms with van der Waals surface area (Å²) in [5, 5.41) is 5.11. The first-order valence-electron chi connectivity index (χ1n) is 10.8. The average molecular weight is 449 g/mol. The van der Waals surface area contributed by atoms with Crippen LogP contribution in [0.2, 0.25) is 0 Å². The summed E-state index contributed by atoms with van der Waals surface area (Å²) in [6.07, 6.45) is 0. The number of nitrogens with zero attached hydrogens (tertiary/aromatic N) is 1. The summed E-state index contributed by atoms with van der Waals surface area (Å²) in [5.74, 6) is 0.424. The second kappa shape index (κ2) is 9.57. The fraction of sp³-hybridized carbons (Fsp3) is 0.308. The summed E-state index contributed by atoms with van der Waals surface area (Å²) in [6, 6.07) is 18.8. The number of amides is 2. The predicted octanol–water partition coefficient (Wildman–Crippen LogP) is 5.01. The Hall–Kier alpha value is -3.12. The van der Waals surface area contributed by atoms with E-state index in [1.165, 1.54) is 0 Å². The van der Waals surface area contributed by atoms with Crippen molar-refractivity contribution in [2.45, 2.75) is 32.4 Å². The van der Waals surface area contributed by atoms with Gasteiger partial charge in [0, 0.05) is 29.1 Å². The third-order valence-electron chi connectivity index (χ3n) is 5.76. The van der Waals surface area contributed by atoms with Crippen molar-refractivity contribution in [3.05, 3.63) is 87.6 Å². The van der Waals surface area contributed by atoms with Gasteiger partial charge in [0.25, 0.3) is 5.91 Å². The molecule has 1 aliphatic rings. The first-order valence-corrected chi connectivity index (χ1v) is 11.7. The number of hydrogen-bond donors (Lipinski definition) is 1. The lowest BCUT2D eigenvalue weighted by Gasteiger charge is -2.42. The maximum atomic E-state index is 13.7. The van der Waals surface area contributed by atoms with Gasteiger partial charge in [-0.1, -0.05) is 56.3 Å². The SMILES string of the molecule is COc1ccccc1CNC(=O)[C@H]1c2ccccc2C(=O)N(CC(C)C)[C@H]1c1cccs1. The van der Waals surface area contributed by atoms with E-state index in [-0.39, 0.29) is 23.8 Å². The van der Waals surface area contributed by atoms with Crippen molar-refractivity contribution in [3.8, 4) is 5.75 Å². The zero-order valence-corrected chi connectivity index (χ0v) is 19.4. The van der Waals surface area contributed by atoms with Gasteiger partial charge in [-0.25, -0.2) is 0 Å². The van der Waals surface area contributed by atoms with E-state index in [4.69, 9.17) is 4.74 Å². The normalized spacial score (nSPS) is 17.9. The molecule has 0 fully saturated rings. The minimum atomic E-state index is -0.490. The number of hydrogen-bond acceptors (Lipinski definition) is 4. The van der Waals surface area contributed by atoms with Gasteiger partial charge in [0.15, 0.2) is 0 Å². The molecule has 0 saturated carbocycles. The predicted molar refractivity (Wildman–Crippen MR) is 127 cm³/mol. The van der Waals surface area contributed by atoms with Crippen LogP contribution in [0, 0.1) is 5.92 Å². The summed E-state index contributed by atoms with van der Waals surface area (Å²) in [4.78, 5) is 30.1. The highest BCUT2D eigenvalue weighted by molar-refractivity contribution is 7.10. The highest BCUT2D eigenvalue weighted by atomic mass is 32.1. The Morgan fingerprint density at radius 2 is 1.84 bits per heavy atom. The van der Waals surface area contributed by atoms with Gasteiger partial charge in [-0.05, 0) is 35.1 Å². The first-order chi connectivity index (χ1) is 15.5. The second-order valence-electron chi connectivity index (χ2n) is 8.41. The summed E-state index contributed by atoms with van der Waals surface area (Å²) in [6.45, 7) is 5.13. The Kier molecular flexibility index (Phi) is 6.61. The quantitative estimate of drug-likeness (QED) is 0.553. The van der Waals surface area contributed by atoms with Crippen molar-refractivity contribution in [3.63, 3.8) is 0 Å². The molecule has 1 N–H and O–H groups in total. The fourth-order valence-corrected chi connectivity index (χ4v) is 5.26. The van der Waals surface area contributed by atoms with E-state index >= 15 is 0 Å². The molecule has 0 aliphatic carbocycles. The Morgan fingerprint density at radius 1 is 1.09 bits per heavy atom. The average Bonchev–Trinajstić information content (AvgIpc) is 3.33. The zero-order chi connectivity index (χ0) is 22.7. The van der Waals surface area contributed by atoms with Crippen LogP contribution in [0.1, 0.15) is 52.2 Å². The number of carbonyl (C=O) groups excluding carboxylic acids is 2. The number of nitrogens with one attached hydrogen (secondary N) is 1. The lowest BCUT2D eigenvalue weighted by molar-refractivity contribution is -0.124. The molecule has 0 bridgehead atoms. The Labute approximate surface area is 193 Å². The number of thiophene rings is 1. The molecule has 0 spiro atoms. The smallest absolute Gasteiger partial charge is 0.254 e. The van der Waals surface area contributed by atoms with E-state index in [1.54, 1.807) is 18.4 Å². The molecule has 3 aromatic rings. The van der Waals surface area contributed by atoms with Gasteiger partial charge >= 0.3 is 0 Å². The summed E-state index contributed by atoms with van der Waals surface area (Å²) >= 11 is 1.58. The third kappa shape index (κ3) is 4.28. The molecular weight excluding hydrogens is 420 g/mol. The van der Waals surface area contributed by atoms with Crippen LogP contribution < -0.4 is 10.1 Å².